The van der Waals surface area contributed by atoms with Crippen LogP contribution in [-0.4, -0.2) is 0 Å². The molecule has 0 saturated heterocycles. The van der Waals surface area contributed by atoms with Crippen molar-refractivity contribution < 1.29 is 4.42 Å². The van der Waals surface area contributed by atoms with E-state index in [-0.39, 0.29) is 0 Å². The Morgan fingerprint density at radius 1 is 0.245 bits per heavy atom. The van der Waals surface area contributed by atoms with Crippen molar-refractivity contribution in [1.82, 2.24) is 0 Å². The van der Waals surface area contributed by atoms with Gasteiger partial charge in [-0.15, -0.1) is 0 Å². The fourth-order valence-electron chi connectivity index (χ4n) is 8.51. The first-order valence-electron chi connectivity index (χ1n) is 18.2. The first kappa shape index (κ1) is 29.7. The van der Waals surface area contributed by atoms with Crippen molar-refractivity contribution in [2.24, 2.45) is 0 Å². The molecule has 1 heteroatoms. The molecule has 1 aromatic heterocycles. The lowest BCUT2D eigenvalue weighted by Gasteiger charge is -2.20. The lowest BCUT2D eigenvalue weighted by molar-refractivity contribution is 0.669. The summed E-state index contributed by atoms with van der Waals surface area (Å²) in [5.41, 5.74) is 11.6. The summed E-state index contributed by atoms with van der Waals surface area (Å²) in [6, 6.07) is 70.8. The summed E-state index contributed by atoms with van der Waals surface area (Å²) in [6.07, 6.45) is 0. The van der Waals surface area contributed by atoms with Gasteiger partial charge >= 0.3 is 0 Å². The van der Waals surface area contributed by atoms with Gasteiger partial charge in [0.15, 0.2) is 0 Å². The summed E-state index contributed by atoms with van der Waals surface area (Å²) >= 11 is 0. The summed E-state index contributed by atoms with van der Waals surface area (Å²) in [6.45, 7) is 0. The average Bonchev–Trinajstić information content (AvgIpc) is 3.60. The minimum atomic E-state index is 0.915. The highest BCUT2D eigenvalue weighted by Crippen LogP contribution is 2.46. The number of rotatable bonds is 4. The Morgan fingerprint density at radius 3 is 1.62 bits per heavy atom. The molecule has 10 aromatic carbocycles. The molecule has 11 rings (SSSR count). The van der Waals surface area contributed by atoms with Gasteiger partial charge < -0.3 is 4.42 Å². The SMILES string of the molecule is c1ccc2cc(-c3ccc4c(-c5cccc6ccccc56)c5ccccc5c(-c5ccc(-c6ccc7oc8ccccc8c7c6)cc5)c4c3)ccc2c1. The minimum absolute atomic E-state index is 0.915. The second kappa shape index (κ2) is 11.8. The van der Waals surface area contributed by atoms with Crippen molar-refractivity contribution in [2.45, 2.75) is 0 Å². The number of benzene rings is 10. The number of furan rings is 1. The largest absolute Gasteiger partial charge is 0.456 e. The van der Waals surface area contributed by atoms with E-state index in [0.717, 1.165) is 21.9 Å². The zero-order valence-corrected chi connectivity index (χ0v) is 28.9. The van der Waals surface area contributed by atoms with E-state index in [1.807, 2.05) is 12.1 Å². The minimum Gasteiger partial charge on any atom is -0.456 e. The monoisotopic (exact) mass is 672 g/mol. The van der Waals surface area contributed by atoms with E-state index in [4.69, 9.17) is 4.42 Å². The van der Waals surface area contributed by atoms with Crippen molar-refractivity contribution in [3.8, 4) is 44.5 Å². The molecule has 1 heterocycles. The number of hydrogen-bond donors (Lipinski definition) is 0. The number of hydrogen-bond acceptors (Lipinski definition) is 1. The van der Waals surface area contributed by atoms with E-state index in [2.05, 4.69) is 182 Å². The Bertz CT molecular complexity index is 3210. The molecular formula is C52H32O. The summed E-state index contributed by atoms with van der Waals surface area (Å²) in [7, 11) is 0. The molecule has 0 aliphatic carbocycles. The number of para-hydroxylation sites is 1. The zero-order valence-electron chi connectivity index (χ0n) is 28.9. The van der Waals surface area contributed by atoms with Gasteiger partial charge in [-0.1, -0.05) is 164 Å². The van der Waals surface area contributed by atoms with Crippen LogP contribution in [0.1, 0.15) is 0 Å². The van der Waals surface area contributed by atoms with E-state index in [9.17, 15) is 0 Å². The van der Waals surface area contributed by atoms with Crippen molar-refractivity contribution in [1.29, 1.82) is 0 Å². The predicted molar refractivity (Wildman–Crippen MR) is 225 cm³/mol. The molecule has 0 unspecified atom stereocenters. The topological polar surface area (TPSA) is 13.1 Å². The Labute approximate surface area is 307 Å². The first-order chi connectivity index (χ1) is 26.3. The van der Waals surface area contributed by atoms with Gasteiger partial charge in [0, 0.05) is 10.8 Å². The van der Waals surface area contributed by atoms with Crippen LogP contribution in [0, 0.1) is 0 Å². The van der Waals surface area contributed by atoms with E-state index in [0.29, 0.717) is 0 Å². The average molecular weight is 673 g/mol. The fraction of sp³-hybridized carbons (Fsp3) is 0. The quantitative estimate of drug-likeness (QED) is 0.170. The lowest BCUT2D eigenvalue weighted by Crippen LogP contribution is -1.92. The molecule has 0 saturated carbocycles. The molecule has 0 aliphatic heterocycles. The van der Waals surface area contributed by atoms with Crippen molar-refractivity contribution in [2.75, 3.05) is 0 Å². The Hall–Kier alpha value is -6.96. The van der Waals surface area contributed by atoms with Gasteiger partial charge in [-0.25, -0.2) is 0 Å². The van der Waals surface area contributed by atoms with E-state index >= 15 is 0 Å². The standard InChI is InChI=1S/C52H32O/c1-2-12-37-30-38(25-22-33(37)10-1)40-26-28-46-48(32-40)51(44-16-5-6-17-45(44)52(46)43-18-9-13-35-11-3-4-14-41(35)43)36-23-20-34(21-24-36)39-27-29-50-47(31-39)42-15-7-8-19-49(42)53-50/h1-32H. The molecule has 0 N–H and O–H groups in total. The van der Waals surface area contributed by atoms with Gasteiger partial charge in [-0.05, 0) is 118 Å². The Balaban J connectivity index is 1.15. The van der Waals surface area contributed by atoms with Gasteiger partial charge in [-0.3, -0.25) is 0 Å². The molecule has 0 fully saturated rings. The molecule has 0 atom stereocenters. The summed E-state index contributed by atoms with van der Waals surface area (Å²) in [5.74, 6) is 0. The van der Waals surface area contributed by atoms with E-state index < -0.39 is 0 Å². The number of fused-ring (bicyclic) bond motifs is 7. The maximum absolute atomic E-state index is 6.13. The molecule has 11 aromatic rings. The third-order valence-corrected chi connectivity index (χ3v) is 11.0. The second-order valence-corrected chi connectivity index (χ2v) is 14.0. The molecule has 0 bridgehead atoms. The normalized spacial score (nSPS) is 11.8. The predicted octanol–water partition coefficient (Wildman–Crippen LogP) is 14.9. The smallest absolute Gasteiger partial charge is 0.135 e. The highest BCUT2D eigenvalue weighted by atomic mass is 16.3. The maximum Gasteiger partial charge on any atom is 0.135 e. The molecule has 0 radical (unpaired) electrons. The van der Waals surface area contributed by atoms with Gasteiger partial charge in [0.2, 0.25) is 0 Å². The molecule has 246 valence electrons. The van der Waals surface area contributed by atoms with Crippen LogP contribution in [-0.2, 0) is 0 Å². The lowest BCUT2D eigenvalue weighted by atomic mass is 9.83. The molecule has 1 nitrogen and oxygen atoms in total. The van der Waals surface area contributed by atoms with Crippen LogP contribution in [0.25, 0.3) is 110 Å². The van der Waals surface area contributed by atoms with E-state index in [1.165, 1.54) is 87.6 Å². The second-order valence-electron chi connectivity index (χ2n) is 14.0. The first-order valence-corrected chi connectivity index (χ1v) is 18.2. The molecule has 0 spiro atoms. The van der Waals surface area contributed by atoms with Crippen LogP contribution in [0.3, 0.4) is 0 Å². The van der Waals surface area contributed by atoms with Crippen LogP contribution in [0.15, 0.2) is 199 Å². The third-order valence-electron chi connectivity index (χ3n) is 11.0. The van der Waals surface area contributed by atoms with Gasteiger partial charge in [-0.2, -0.15) is 0 Å². The van der Waals surface area contributed by atoms with Crippen LogP contribution in [0.4, 0.5) is 0 Å². The van der Waals surface area contributed by atoms with Crippen molar-refractivity contribution in [3.05, 3.63) is 194 Å². The zero-order chi connectivity index (χ0) is 34.9. The van der Waals surface area contributed by atoms with Crippen LogP contribution < -0.4 is 0 Å². The highest BCUT2D eigenvalue weighted by molar-refractivity contribution is 6.24. The maximum atomic E-state index is 6.13. The molecule has 0 aliphatic rings. The van der Waals surface area contributed by atoms with Crippen LogP contribution in [0.2, 0.25) is 0 Å². The van der Waals surface area contributed by atoms with Crippen molar-refractivity contribution >= 4 is 65.0 Å². The molecular weight excluding hydrogens is 641 g/mol. The van der Waals surface area contributed by atoms with Crippen LogP contribution >= 0.6 is 0 Å². The van der Waals surface area contributed by atoms with Gasteiger partial charge in [0.1, 0.15) is 11.2 Å². The van der Waals surface area contributed by atoms with Gasteiger partial charge in [0.05, 0.1) is 0 Å². The Kier molecular flexibility index (Phi) is 6.62. The molecule has 53 heavy (non-hydrogen) atoms. The van der Waals surface area contributed by atoms with Crippen LogP contribution in [0.5, 0.6) is 0 Å². The molecule has 0 amide bonds. The Morgan fingerprint density at radius 2 is 0.774 bits per heavy atom. The summed E-state index contributed by atoms with van der Waals surface area (Å²) < 4.78 is 6.13. The van der Waals surface area contributed by atoms with Crippen molar-refractivity contribution in [3.63, 3.8) is 0 Å². The third kappa shape index (κ3) is 4.79. The van der Waals surface area contributed by atoms with E-state index in [1.54, 1.807) is 0 Å². The van der Waals surface area contributed by atoms with Gasteiger partial charge in [0.25, 0.3) is 0 Å². The summed E-state index contributed by atoms with van der Waals surface area (Å²) in [5, 5.41) is 12.3. The summed E-state index contributed by atoms with van der Waals surface area (Å²) in [4.78, 5) is 0. The fourth-order valence-corrected chi connectivity index (χ4v) is 8.51. The highest BCUT2D eigenvalue weighted by Gasteiger charge is 2.19.